The van der Waals surface area contributed by atoms with E-state index in [0.29, 0.717) is 0 Å². The summed E-state index contributed by atoms with van der Waals surface area (Å²) in [5.41, 5.74) is 13.6. The lowest BCUT2D eigenvalue weighted by Gasteiger charge is -2.14. The fourth-order valence-corrected chi connectivity index (χ4v) is 2.68. The maximum atomic E-state index is 5.20. The summed E-state index contributed by atoms with van der Waals surface area (Å²) >= 11 is 1.66. The van der Waals surface area contributed by atoms with E-state index in [1.807, 2.05) is 24.3 Å². The Hall–Kier alpha value is -2.21. The summed E-state index contributed by atoms with van der Waals surface area (Å²) in [6.07, 6.45) is 1.60. The molecule has 0 radical (unpaired) electrons. The van der Waals surface area contributed by atoms with Gasteiger partial charge >= 0.3 is 0 Å². The van der Waals surface area contributed by atoms with Crippen molar-refractivity contribution in [3.05, 3.63) is 40.9 Å². The highest BCUT2D eigenvalue weighted by Gasteiger charge is 2.17. The first-order valence-corrected chi connectivity index (χ1v) is 7.42. The Morgan fingerprint density at radius 1 is 1.19 bits per heavy atom. The van der Waals surface area contributed by atoms with Gasteiger partial charge < -0.3 is 11.5 Å². The first kappa shape index (κ1) is 15.2. The molecule has 0 spiro atoms. The minimum Gasteiger partial charge on any atom is -0.369 e. The largest absolute Gasteiger partial charge is 0.369 e. The standard InChI is InChI=1S/C15H19N5S/c1-15(2,3)12-9-21-13(19-12)11-6-4-10(5-7-11)8-18-20-14(16)17/h4-9H,1-3H3,(H4,16,17,20). The molecular weight excluding hydrogens is 282 g/mol. The predicted octanol–water partition coefficient (Wildman–Crippen LogP) is 2.71. The number of rotatable bonds is 3. The number of nitrogens with two attached hydrogens (primary N) is 2. The highest BCUT2D eigenvalue weighted by atomic mass is 32.1. The predicted molar refractivity (Wildman–Crippen MR) is 89.7 cm³/mol. The van der Waals surface area contributed by atoms with E-state index in [9.17, 15) is 0 Å². The SMILES string of the molecule is CC(C)(C)c1csc(-c2ccc(C=NN=C(N)N)cc2)n1. The monoisotopic (exact) mass is 301 g/mol. The minimum atomic E-state index is -0.0552. The molecule has 110 valence electrons. The Bertz CT molecular complexity index is 658. The minimum absolute atomic E-state index is 0.0552. The molecule has 1 aromatic carbocycles. The zero-order valence-corrected chi connectivity index (χ0v) is 13.2. The van der Waals surface area contributed by atoms with Gasteiger partial charge in [0.05, 0.1) is 11.9 Å². The van der Waals surface area contributed by atoms with Gasteiger partial charge in [-0.05, 0) is 5.56 Å². The van der Waals surface area contributed by atoms with Gasteiger partial charge in [-0.15, -0.1) is 16.4 Å². The van der Waals surface area contributed by atoms with E-state index < -0.39 is 0 Å². The van der Waals surface area contributed by atoms with E-state index in [-0.39, 0.29) is 11.4 Å². The fourth-order valence-electron chi connectivity index (χ4n) is 1.62. The Balaban J connectivity index is 2.17. The van der Waals surface area contributed by atoms with Crippen LogP contribution in [0.5, 0.6) is 0 Å². The van der Waals surface area contributed by atoms with E-state index >= 15 is 0 Å². The lowest BCUT2D eigenvalue weighted by atomic mass is 9.93. The summed E-state index contributed by atoms with van der Waals surface area (Å²) in [6, 6.07) is 7.95. The second kappa shape index (κ2) is 6.05. The van der Waals surface area contributed by atoms with E-state index in [1.54, 1.807) is 17.6 Å². The molecule has 0 aliphatic rings. The van der Waals surface area contributed by atoms with Crippen LogP contribution in [0.3, 0.4) is 0 Å². The molecular formula is C15H19N5S. The molecule has 1 heterocycles. The molecule has 1 aromatic heterocycles. The van der Waals surface area contributed by atoms with Crippen molar-refractivity contribution in [2.75, 3.05) is 0 Å². The molecule has 21 heavy (non-hydrogen) atoms. The van der Waals surface area contributed by atoms with Crippen LogP contribution in [-0.4, -0.2) is 17.2 Å². The zero-order valence-electron chi connectivity index (χ0n) is 12.4. The van der Waals surface area contributed by atoms with Crippen LogP contribution in [0.1, 0.15) is 32.0 Å². The maximum Gasteiger partial charge on any atom is 0.211 e. The quantitative estimate of drug-likeness (QED) is 0.519. The van der Waals surface area contributed by atoms with E-state index in [2.05, 4.69) is 36.4 Å². The maximum absolute atomic E-state index is 5.20. The van der Waals surface area contributed by atoms with Gasteiger partial charge in [0, 0.05) is 16.4 Å². The second-order valence-corrected chi connectivity index (χ2v) is 6.54. The van der Waals surface area contributed by atoms with Crippen LogP contribution >= 0.6 is 11.3 Å². The third-order valence-corrected chi connectivity index (χ3v) is 3.70. The summed E-state index contributed by atoms with van der Waals surface area (Å²) in [5.74, 6) is -0.0552. The smallest absolute Gasteiger partial charge is 0.211 e. The van der Waals surface area contributed by atoms with Crippen LogP contribution in [0.15, 0.2) is 39.8 Å². The van der Waals surface area contributed by atoms with Crippen molar-refractivity contribution in [2.24, 2.45) is 21.7 Å². The molecule has 0 saturated heterocycles. The van der Waals surface area contributed by atoms with Crippen molar-refractivity contribution in [1.29, 1.82) is 0 Å². The molecule has 4 N–H and O–H groups in total. The van der Waals surface area contributed by atoms with Crippen LogP contribution in [-0.2, 0) is 5.41 Å². The molecule has 0 atom stereocenters. The molecule has 2 aromatic rings. The Kier molecular flexibility index (Phi) is 4.37. The lowest BCUT2D eigenvalue weighted by Crippen LogP contribution is -2.21. The summed E-state index contributed by atoms with van der Waals surface area (Å²) in [6.45, 7) is 6.49. The Morgan fingerprint density at radius 3 is 2.38 bits per heavy atom. The van der Waals surface area contributed by atoms with Gasteiger partial charge in [0.1, 0.15) is 5.01 Å². The van der Waals surface area contributed by atoms with Gasteiger partial charge in [0.15, 0.2) is 0 Å². The van der Waals surface area contributed by atoms with Crippen molar-refractivity contribution in [1.82, 2.24) is 4.98 Å². The Morgan fingerprint density at radius 2 is 1.86 bits per heavy atom. The van der Waals surface area contributed by atoms with Gasteiger partial charge in [0.2, 0.25) is 5.96 Å². The summed E-state index contributed by atoms with van der Waals surface area (Å²) in [5, 5.41) is 10.5. The average molecular weight is 301 g/mol. The van der Waals surface area contributed by atoms with E-state index in [4.69, 9.17) is 16.5 Å². The number of aromatic nitrogens is 1. The number of thiazole rings is 1. The van der Waals surface area contributed by atoms with Crippen LogP contribution in [0, 0.1) is 0 Å². The molecule has 5 nitrogen and oxygen atoms in total. The number of hydrogen-bond acceptors (Lipinski definition) is 4. The van der Waals surface area contributed by atoms with Gasteiger partial charge in [-0.1, -0.05) is 45.0 Å². The van der Waals surface area contributed by atoms with Crippen LogP contribution in [0.25, 0.3) is 10.6 Å². The molecule has 0 unspecified atom stereocenters. The van der Waals surface area contributed by atoms with Gasteiger partial charge in [-0.2, -0.15) is 5.10 Å². The average Bonchev–Trinajstić information content (AvgIpc) is 2.88. The van der Waals surface area contributed by atoms with Crippen LogP contribution in [0.4, 0.5) is 0 Å². The van der Waals surface area contributed by atoms with Crippen molar-refractivity contribution in [2.45, 2.75) is 26.2 Å². The van der Waals surface area contributed by atoms with Gasteiger partial charge in [0.25, 0.3) is 0 Å². The molecule has 0 amide bonds. The number of guanidine groups is 1. The zero-order chi connectivity index (χ0) is 15.5. The third-order valence-electron chi connectivity index (χ3n) is 2.81. The molecule has 0 fully saturated rings. The number of nitrogens with zero attached hydrogens (tertiary/aromatic N) is 3. The molecule has 0 aliphatic carbocycles. The summed E-state index contributed by atoms with van der Waals surface area (Å²) < 4.78 is 0. The van der Waals surface area contributed by atoms with Gasteiger partial charge in [-0.3, -0.25) is 0 Å². The second-order valence-electron chi connectivity index (χ2n) is 5.68. The highest BCUT2D eigenvalue weighted by molar-refractivity contribution is 7.13. The number of hydrogen-bond donors (Lipinski definition) is 2. The Labute approximate surface area is 128 Å². The molecule has 2 rings (SSSR count). The van der Waals surface area contributed by atoms with Crippen molar-refractivity contribution < 1.29 is 0 Å². The lowest BCUT2D eigenvalue weighted by molar-refractivity contribution is 0.573. The highest BCUT2D eigenvalue weighted by Crippen LogP contribution is 2.29. The summed E-state index contributed by atoms with van der Waals surface area (Å²) in [4.78, 5) is 4.70. The van der Waals surface area contributed by atoms with Crippen molar-refractivity contribution in [3.8, 4) is 10.6 Å². The van der Waals surface area contributed by atoms with E-state index in [1.165, 1.54) is 0 Å². The first-order valence-electron chi connectivity index (χ1n) is 6.54. The van der Waals surface area contributed by atoms with E-state index in [0.717, 1.165) is 21.8 Å². The van der Waals surface area contributed by atoms with Gasteiger partial charge in [-0.25, -0.2) is 4.98 Å². The van der Waals surface area contributed by atoms with Crippen LogP contribution < -0.4 is 11.5 Å². The molecule has 0 saturated carbocycles. The number of benzene rings is 1. The van der Waals surface area contributed by atoms with Crippen molar-refractivity contribution >= 4 is 23.5 Å². The molecule has 0 bridgehead atoms. The first-order chi connectivity index (χ1) is 9.86. The normalized spacial score (nSPS) is 11.8. The van der Waals surface area contributed by atoms with Crippen LogP contribution in [0.2, 0.25) is 0 Å². The van der Waals surface area contributed by atoms with Crippen molar-refractivity contribution in [3.63, 3.8) is 0 Å². The third kappa shape index (κ3) is 4.13. The molecule has 6 heteroatoms. The fraction of sp³-hybridized carbons (Fsp3) is 0.267. The molecule has 0 aliphatic heterocycles. The topological polar surface area (TPSA) is 89.6 Å². The summed E-state index contributed by atoms with van der Waals surface area (Å²) in [7, 11) is 0.